The lowest BCUT2D eigenvalue weighted by molar-refractivity contribution is -0.384. The highest BCUT2D eigenvalue weighted by atomic mass is 32.1. The second kappa shape index (κ2) is 9.06. The van der Waals surface area contributed by atoms with Crippen LogP contribution < -0.4 is 24.4 Å². The number of nitro benzene ring substituents is 1. The Bertz CT molecular complexity index is 1530. The largest absolute Gasteiger partial charge is 0.497 e. The topological polar surface area (TPSA) is 113 Å². The number of rotatable bonds is 6. The highest BCUT2D eigenvalue weighted by Gasteiger charge is 2.32. The number of ether oxygens (including phenoxy) is 2. The molecule has 1 atom stereocenters. The van der Waals surface area contributed by atoms with E-state index in [1.165, 1.54) is 37.8 Å². The summed E-state index contributed by atoms with van der Waals surface area (Å²) in [4.78, 5) is 41.8. The summed E-state index contributed by atoms with van der Waals surface area (Å²) in [6.07, 6.45) is 1.59. The molecule has 0 fully saturated rings. The van der Waals surface area contributed by atoms with E-state index in [0.29, 0.717) is 43.2 Å². The van der Waals surface area contributed by atoms with Gasteiger partial charge in [0.1, 0.15) is 11.5 Å². The van der Waals surface area contributed by atoms with E-state index in [1.807, 2.05) is 0 Å². The molecule has 1 aliphatic heterocycles. The van der Waals surface area contributed by atoms with Crippen molar-refractivity contribution >= 4 is 28.9 Å². The Labute approximate surface area is 198 Å². The molecule has 2 aromatic carbocycles. The first-order valence-corrected chi connectivity index (χ1v) is 11.1. The molecule has 1 aliphatic rings. The fourth-order valence-corrected chi connectivity index (χ4v) is 5.04. The molecule has 0 saturated heterocycles. The van der Waals surface area contributed by atoms with Crippen LogP contribution in [0.25, 0.3) is 6.08 Å². The number of hydrogen-bond acceptors (Lipinski definition) is 8. The number of methoxy groups -OCH3 is 2. The van der Waals surface area contributed by atoms with E-state index in [4.69, 9.17) is 9.47 Å². The van der Waals surface area contributed by atoms with Crippen molar-refractivity contribution in [3.05, 3.63) is 94.7 Å². The van der Waals surface area contributed by atoms with Crippen LogP contribution in [0.2, 0.25) is 0 Å². The minimum absolute atomic E-state index is 0.0721. The molecule has 0 bridgehead atoms. The lowest BCUT2D eigenvalue weighted by Crippen LogP contribution is -2.39. The molecule has 34 heavy (non-hydrogen) atoms. The Morgan fingerprint density at radius 3 is 2.62 bits per heavy atom. The lowest BCUT2D eigenvalue weighted by Gasteiger charge is -2.26. The maximum Gasteiger partial charge on any atom is 0.271 e. The zero-order valence-electron chi connectivity index (χ0n) is 18.9. The van der Waals surface area contributed by atoms with E-state index < -0.39 is 11.0 Å². The Kier molecular flexibility index (Phi) is 6.16. The Hall–Kier alpha value is -4.05. The number of non-ortho nitro benzene ring substituents is 1. The molecule has 0 amide bonds. The zero-order chi connectivity index (χ0) is 24.6. The molecular formula is C24H21N3O6S. The third kappa shape index (κ3) is 4.03. The van der Waals surface area contributed by atoms with Crippen LogP contribution in [-0.4, -0.2) is 29.5 Å². The van der Waals surface area contributed by atoms with Crippen LogP contribution in [0.4, 0.5) is 5.69 Å². The van der Waals surface area contributed by atoms with Gasteiger partial charge in [-0.3, -0.25) is 24.3 Å². The second-order valence-electron chi connectivity index (χ2n) is 7.60. The lowest BCUT2D eigenvalue weighted by atomic mass is 9.92. The van der Waals surface area contributed by atoms with Gasteiger partial charge in [0, 0.05) is 35.0 Å². The summed E-state index contributed by atoms with van der Waals surface area (Å²) >= 11 is 1.16. The van der Waals surface area contributed by atoms with Crippen LogP contribution in [0.5, 0.6) is 11.5 Å². The van der Waals surface area contributed by atoms with Crippen molar-refractivity contribution in [3.63, 3.8) is 0 Å². The van der Waals surface area contributed by atoms with Crippen molar-refractivity contribution in [2.24, 2.45) is 4.99 Å². The number of carbonyl (C=O) groups is 1. The SMILES string of the molecule is COc1ccc(C2C(C(C)=O)=C(C)N=c3s/c(=C\c4cccc([N+](=O)[O-])c4)c(=O)n32)c(OC)c1. The molecule has 10 heteroatoms. The average molecular weight is 480 g/mol. The van der Waals surface area contributed by atoms with Crippen molar-refractivity contribution < 1.29 is 19.2 Å². The van der Waals surface area contributed by atoms with E-state index in [0.717, 1.165) is 11.3 Å². The number of hydrogen-bond donors (Lipinski definition) is 0. The smallest absolute Gasteiger partial charge is 0.271 e. The van der Waals surface area contributed by atoms with E-state index >= 15 is 0 Å². The van der Waals surface area contributed by atoms with Crippen molar-refractivity contribution in [1.29, 1.82) is 0 Å². The summed E-state index contributed by atoms with van der Waals surface area (Å²) in [6.45, 7) is 3.17. The quantitative estimate of drug-likeness (QED) is 0.397. The van der Waals surface area contributed by atoms with Gasteiger partial charge in [0.25, 0.3) is 11.2 Å². The summed E-state index contributed by atoms with van der Waals surface area (Å²) in [5, 5.41) is 11.1. The van der Waals surface area contributed by atoms with Crippen LogP contribution in [-0.2, 0) is 4.79 Å². The van der Waals surface area contributed by atoms with Gasteiger partial charge in [-0.1, -0.05) is 23.5 Å². The molecule has 0 radical (unpaired) electrons. The van der Waals surface area contributed by atoms with Crippen molar-refractivity contribution in [2.75, 3.05) is 14.2 Å². The molecule has 1 aromatic heterocycles. The van der Waals surface area contributed by atoms with Crippen molar-refractivity contribution in [1.82, 2.24) is 4.57 Å². The monoisotopic (exact) mass is 479 g/mol. The van der Waals surface area contributed by atoms with Crippen molar-refractivity contribution in [3.8, 4) is 11.5 Å². The van der Waals surface area contributed by atoms with Gasteiger partial charge in [0.05, 0.1) is 29.7 Å². The van der Waals surface area contributed by atoms with E-state index in [9.17, 15) is 19.7 Å². The number of fused-ring (bicyclic) bond motifs is 1. The van der Waals surface area contributed by atoms with Crippen LogP contribution >= 0.6 is 11.3 Å². The van der Waals surface area contributed by atoms with Crippen LogP contribution in [0.1, 0.15) is 31.0 Å². The molecule has 174 valence electrons. The first-order valence-electron chi connectivity index (χ1n) is 10.2. The van der Waals surface area contributed by atoms with E-state index in [-0.39, 0.29) is 17.0 Å². The zero-order valence-corrected chi connectivity index (χ0v) is 19.7. The van der Waals surface area contributed by atoms with Crippen molar-refractivity contribution in [2.45, 2.75) is 19.9 Å². The fourth-order valence-electron chi connectivity index (χ4n) is 3.99. The standard InChI is InChI=1S/C24H21N3O6S/c1-13-21(14(2)28)22(18-9-8-17(32-3)12-19(18)33-4)26-23(29)20(34-24(26)25-13)11-15-6-5-7-16(10-15)27(30)31/h5-12,22H,1-4H3/b20-11-. The van der Waals surface area contributed by atoms with Gasteiger partial charge in [-0.25, -0.2) is 4.99 Å². The first-order chi connectivity index (χ1) is 16.2. The summed E-state index contributed by atoms with van der Waals surface area (Å²) < 4.78 is 12.7. The fraction of sp³-hybridized carbons (Fsp3) is 0.208. The predicted octanol–water partition coefficient (Wildman–Crippen LogP) is 2.75. The molecule has 3 aromatic rings. The predicted molar refractivity (Wildman–Crippen MR) is 127 cm³/mol. The van der Waals surface area contributed by atoms with Gasteiger partial charge in [-0.15, -0.1) is 0 Å². The number of thiazole rings is 1. The Morgan fingerprint density at radius 1 is 1.21 bits per heavy atom. The number of benzene rings is 2. The maximum atomic E-state index is 13.6. The number of carbonyl (C=O) groups excluding carboxylic acids is 1. The third-order valence-corrected chi connectivity index (χ3v) is 6.50. The number of Topliss-reactive ketones (excluding diaryl/α,β-unsaturated/α-hetero) is 1. The summed E-state index contributed by atoms with van der Waals surface area (Å²) in [6, 6.07) is 10.5. The van der Waals surface area contributed by atoms with Gasteiger partial charge in [0.2, 0.25) is 0 Å². The molecule has 0 aliphatic carbocycles. The highest BCUT2D eigenvalue weighted by Crippen LogP contribution is 2.37. The molecular weight excluding hydrogens is 458 g/mol. The van der Waals surface area contributed by atoms with Crippen LogP contribution in [0.15, 0.2) is 63.5 Å². The maximum absolute atomic E-state index is 13.6. The molecule has 1 unspecified atom stereocenters. The number of nitro groups is 1. The summed E-state index contributed by atoms with van der Waals surface area (Å²) in [7, 11) is 3.05. The number of allylic oxidation sites excluding steroid dienone is 2. The van der Waals surface area contributed by atoms with E-state index in [1.54, 1.807) is 43.3 Å². The summed E-state index contributed by atoms with van der Waals surface area (Å²) in [5.41, 5.74) is 1.60. The minimum atomic E-state index is -0.748. The van der Waals surface area contributed by atoms with Gasteiger partial charge < -0.3 is 9.47 Å². The molecule has 9 nitrogen and oxygen atoms in total. The van der Waals surface area contributed by atoms with Gasteiger partial charge >= 0.3 is 0 Å². The minimum Gasteiger partial charge on any atom is -0.497 e. The normalized spacial score (nSPS) is 15.5. The number of nitrogens with zero attached hydrogens (tertiary/aromatic N) is 3. The summed E-state index contributed by atoms with van der Waals surface area (Å²) in [5.74, 6) is 0.826. The average Bonchev–Trinajstić information content (AvgIpc) is 3.12. The molecule has 0 N–H and O–H groups in total. The molecule has 4 rings (SSSR count). The van der Waals surface area contributed by atoms with Gasteiger partial charge in [-0.05, 0) is 37.6 Å². The molecule has 2 heterocycles. The van der Waals surface area contributed by atoms with Gasteiger partial charge in [0.15, 0.2) is 10.6 Å². The second-order valence-corrected chi connectivity index (χ2v) is 8.61. The molecule has 0 spiro atoms. The molecule has 0 saturated carbocycles. The number of aromatic nitrogens is 1. The number of ketones is 1. The van der Waals surface area contributed by atoms with Crippen LogP contribution in [0.3, 0.4) is 0 Å². The first kappa shape index (κ1) is 23.1. The highest BCUT2D eigenvalue weighted by molar-refractivity contribution is 7.07. The third-order valence-electron chi connectivity index (χ3n) is 5.52. The van der Waals surface area contributed by atoms with E-state index in [2.05, 4.69) is 4.99 Å². The van der Waals surface area contributed by atoms with Gasteiger partial charge in [-0.2, -0.15) is 0 Å². The van der Waals surface area contributed by atoms with Crippen LogP contribution in [0, 0.1) is 10.1 Å². The Morgan fingerprint density at radius 2 is 1.97 bits per heavy atom. The Balaban J connectivity index is 1.98.